The number of hydrogen-bond donors (Lipinski definition) is 2. The average Bonchev–Trinajstić information content (AvgIpc) is 2.41. The molecule has 0 spiro atoms. The molecule has 1 aromatic carbocycles. The third kappa shape index (κ3) is 5.81. The zero-order valence-corrected chi connectivity index (χ0v) is 11.3. The summed E-state index contributed by atoms with van der Waals surface area (Å²) in [6.07, 6.45) is 3.32. The molecule has 0 bridgehead atoms. The first-order valence-corrected chi connectivity index (χ1v) is 6.31. The van der Waals surface area contributed by atoms with Crippen LogP contribution in [0.15, 0.2) is 29.4 Å². The summed E-state index contributed by atoms with van der Waals surface area (Å²) in [5.74, 6) is -1.41. The highest BCUT2D eigenvalue weighted by atomic mass is 16.2. The molecule has 1 aromatic rings. The van der Waals surface area contributed by atoms with Gasteiger partial charge in [-0.1, -0.05) is 43.2 Å². The number of rotatable bonds is 5. The molecule has 0 aliphatic rings. The van der Waals surface area contributed by atoms with Crippen molar-refractivity contribution in [3.05, 3.63) is 35.4 Å². The number of carbonyl (C=O) groups excluding carboxylic acids is 2. The van der Waals surface area contributed by atoms with Crippen molar-refractivity contribution < 1.29 is 9.59 Å². The summed E-state index contributed by atoms with van der Waals surface area (Å²) < 4.78 is 0. The van der Waals surface area contributed by atoms with Crippen LogP contribution in [0.4, 0.5) is 0 Å². The standard InChI is InChI=1S/C14H19N3O2/c1-3-4-9-15-13(18)14(19)17-16-10-12-7-5-11(2)6-8-12/h5-8,10H,3-4,9H2,1-2H3,(H,15,18)(H,17,19)/b16-10-. The van der Waals surface area contributed by atoms with Gasteiger partial charge in [0.15, 0.2) is 0 Å². The Bertz CT molecular complexity index is 452. The molecule has 0 saturated carbocycles. The van der Waals surface area contributed by atoms with E-state index < -0.39 is 11.8 Å². The highest BCUT2D eigenvalue weighted by Crippen LogP contribution is 1.99. The lowest BCUT2D eigenvalue weighted by molar-refractivity contribution is -0.139. The lowest BCUT2D eigenvalue weighted by atomic mass is 10.2. The fourth-order valence-electron chi connectivity index (χ4n) is 1.33. The minimum Gasteiger partial charge on any atom is -0.348 e. The Kier molecular flexibility index (Phi) is 6.29. The van der Waals surface area contributed by atoms with E-state index >= 15 is 0 Å². The number of benzene rings is 1. The van der Waals surface area contributed by atoms with Crippen LogP contribution in [0.25, 0.3) is 0 Å². The molecule has 0 unspecified atom stereocenters. The topological polar surface area (TPSA) is 70.6 Å². The van der Waals surface area contributed by atoms with Crippen LogP contribution in [0.1, 0.15) is 30.9 Å². The number of hydrazone groups is 1. The maximum Gasteiger partial charge on any atom is 0.329 e. The van der Waals surface area contributed by atoms with Gasteiger partial charge >= 0.3 is 11.8 Å². The number of nitrogens with zero attached hydrogens (tertiary/aromatic N) is 1. The molecule has 0 saturated heterocycles. The van der Waals surface area contributed by atoms with E-state index in [1.165, 1.54) is 6.21 Å². The molecule has 102 valence electrons. The fourth-order valence-corrected chi connectivity index (χ4v) is 1.33. The Hall–Kier alpha value is -2.17. The largest absolute Gasteiger partial charge is 0.348 e. The van der Waals surface area contributed by atoms with E-state index in [2.05, 4.69) is 15.8 Å². The maximum absolute atomic E-state index is 11.3. The Balaban J connectivity index is 2.36. The molecule has 2 N–H and O–H groups in total. The van der Waals surface area contributed by atoms with Crippen molar-refractivity contribution in [3.63, 3.8) is 0 Å². The predicted molar refractivity (Wildman–Crippen MR) is 74.8 cm³/mol. The van der Waals surface area contributed by atoms with Gasteiger partial charge in [-0.25, -0.2) is 5.43 Å². The van der Waals surface area contributed by atoms with Crippen molar-refractivity contribution in [3.8, 4) is 0 Å². The van der Waals surface area contributed by atoms with E-state index in [9.17, 15) is 9.59 Å². The van der Waals surface area contributed by atoms with Crippen LogP contribution >= 0.6 is 0 Å². The minimum atomic E-state index is -0.750. The molecule has 0 atom stereocenters. The smallest absolute Gasteiger partial charge is 0.329 e. The van der Waals surface area contributed by atoms with Crippen LogP contribution in [0, 0.1) is 6.92 Å². The predicted octanol–water partition coefficient (Wildman–Crippen LogP) is 1.36. The van der Waals surface area contributed by atoms with Crippen LogP contribution in [-0.4, -0.2) is 24.6 Å². The van der Waals surface area contributed by atoms with Gasteiger partial charge in [-0.15, -0.1) is 0 Å². The van der Waals surface area contributed by atoms with Crippen molar-refractivity contribution >= 4 is 18.0 Å². The quantitative estimate of drug-likeness (QED) is 0.363. The molecular weight excluding hydrogens is 242 g/mol. The van der Waals surface area contributed by atoms with Gasteiger partial charge in [0.05, 0.1) is 6.21 Å². The molecule has 0 radical (unpaired) electrons. The second-order valence-electron chi connectivity index (χ2n) is 4.22. The monoisotopic (exact) mass is 261 g/mol. The molecule has 0 aliphatic heterocycles. The molecule has 1 rings (SSSR count). The van der Waals surface area contributed by atoms with Crippen LogP contribution in [0.2, 0.25) is 0 Å². The van der Waals surface area contributed by atoms with Gasteiger partial charge in [-0.3, -0.25) is 9.59 Å². The van der Waals surface area contributed by atoms with E-state index in [4.69, 9.17) is 0 Å². The Morgan fingerprint density at radius 3 is 2.53 bits per heavy atom. The Labute approximate surface area is 113 Å². The second-order valence-corrected chi connectivity index (χ2v) is 4.22. The molecule has 0 fully saturated rings. The number of unbranched alkanes of at least 4 members (excludes halogenated alkanes) is 1. The van der Waals surface area contributed by atoms with Crippen molar-refractivity contribution in [2.75, 3.05) is 6.54 Å². The lowest BCUT2D eigenvalue weighted by Gasteiger charge is -2.02. The minimum absolute atomic E-state index is 0.504. The second kappa shape index (κ2) is 8.02. The van der Waals surface area contributed by atoms with Crippen LogP contribution in [0.3, 0.4) is 0 Å². The van der Waals surface area contributed by atoms with Crippen LogP contribution < -0.4 is 10.7 Å². The van der Waals surface area contributed by atoms with Gasteiger partial charge in [-0.05, 0) is 18.9 Å². The van der Waals surface area contributed by atoms with Crippen LogP contribution in [0.5, 0.6) is 0 Å². The highest BCUT2D eigenvalue weighted by Gasteiger charge is 2.10. The fraction of sp³-hybridized carbons (Fsp3) is 0.357. The Morgan fingerprint density at radius 2 is 1.89 bits per heavy atom. The van der Waals surface area contributed by atoms with E-state index in [0.717, 1.165) is 24.0 Å². The number of carbonyl (C=O) groups is 2. The third-order valence-electron chi connectivity index (χ3n) is 2.48. The zero-order chi connectivity index (χ0) is 14.1. The van der Waals surface area contributed by atoms with E-state index in [1.54, 1.807) is 0 Å². The maximum atomic E-state index is 11.3. The van der Waals surface area contributed by atoms with Crippen molar-refractivity contribution in [1.29, 1.82) is 0 Å². The summed E-state index contributed by atoms with van der Waals surface area (Å²) in [5, 5.41) is 6.25. The first-order valence-electron chi connectivity index (χ1n) is 6.31. The van der Waals surface area contributed by atoms with Crippen molar-refractivity contribution in [1.82, 2.24) is 10.7 Å². The lowest BCUT2D eigenvalue weighted by Crippen LogP contribution is -2.38. The number of hydrogen-bond acceptors (Lipinski definition) is 3. The van der Waals surface area contributed by atoms with Crippen LogP contribution in [-0.2, 0) is 9.59 Å². The molecule has 2 amide bonds. The number of nitrogens with one attached hydrogen (secondary N) is 2. The van der Waals surface area contributed by atoms with Gasteiger partial charge in [0.1, 0.15) is 0 Å². The summed E-state index contributed by atoms with van der Waals surface area (Å²) in [4.78, 5) is 22.7. The van der Waals surface area contributed by atoms with Gasteiger partial charge in [-0.2, -0.15) is 5.10 Å². The number of amides is 2. The number of aryl methyl sites for hydroxylation is 1. The Morgan fingerprint density at radius 1 is 1.21 bits per heavy atom. The molecular formula is C14H19N3O2. The molecule has 5 heteroatoms. The first kappa shape index (κ1) is 14.9. The van der Waals surface area contributed by atoms with E-state index in [0.29, 0.717) is 6.54 Å². The van der Waals surface area contributed by atoms with Gasteiger partial charge in [0.2, 0.25) is 0 Å². The normalized spacial score (nSPS) is 10.4. The van der Waals surface area contributed by atoms with E-state index in [-0.39, 0.29) is 0 Å². The van der Waals surface area contributed by atoms with Crippen molar-refractivity contribution in [2.45, 2.75) is 26.7 Å². The highest BCUT2D eigenvalue weighted by molar-refractivity contribution is 6.35. The zero-order valence-electron chi connectivity index (χ0n) is 11.3. The summed E-state index contributed by atoms with van der Waals surface area (Å²) in [6.45, 7) is 4.51. The SMILES string of the molecule is CCCCNC(=O)C(=O)N/N=C\c1ccc(C)cc1. The molecule has 5 nitrogen and oxygen atoms in total. The summed E-state index contributed by atoms with van der Waals surface area (Å²) in [6, 6.07) is 7.65. The van der Waals surface area contributed by atoms with Crippen molar-refractivity contribution in [2.24, 2.45) is 5.10 Å². The molecule has 0 aromatic heterocycles. The third-order valence-corrected chi connectivity index (χ3v) is 2.48. The van der Waals surface area contributed by atoms with E-state index in [1.807, 2.05) is 38.1 Å². The first-order chi connectivity index (χ1) is 9.13. The van der Waals surface area contributed by atoms with Gasteiger partial charge < -0.3 is 5.32 Å². The van der Waals surface area contributed by atoms with Gasteiger partial charge in [0, 0.05) is 6.54 Å². The summed E-state index contributed by atoms with van der Waals surface area (Å²) >= 11 is 0. The average molecular weight is 261 g/mol. The summed E-state index contributed by atoms with van der Waals surface area (Å²) in [7, 11) is 0. The summed E-state index contributed by atoms with van der Waals surface area (Å²) in [5.41, 5.74) is 4.20. The molecule has 0 heterocycles. The molecule has 0 aliphatic carbocycles. The van der Waals surface area contributed by atoms with Gasteiger partial charge in [0.25, 0.3) is 0 Å². The molecule has 19 heavy (non-hydrogen) atoms.